The minimum absolute atomic E-state index is 0.219. The summed E-state index contributed by atoms with van der Waals surface area (Å²) in [7, 11) is 1.60. The van der Waals surface area contributed by atoms with Gasteiger partial charge in [0.25, 0.3) is 5.91 Å². The molecular formula is C20H13N5O3S2. The van der Waals surface area contributed by atoms with Crippen molar-refractivity contribution in [3.63, 3.8) is 0 Å². The van der Waals surface area contributed by atoms with Crippen LogP contribution in [0.3, 0.4) is 0 Å². The van der Waals surface area contributed by atoms with Crippen LogP contribution in [0.25, 0.3) is 33.9 Å². The highest BCUT2D eigenvalue weighted by atomic mass is 32.2. The largest absolute Gasteiger partial charge is 0.456 e. The zero-order valence-electron chi connectivity index (χ0n) is 15.5. The number of hydrogen-bond donors (Lipinski definition) is 1. The Kier molecular flexibility index (Phi) is 4.37. The Bertz CT molecular complexity index is 1410. The first-order chi connectivity index (χ1) is 14.5. The fourth-order valence-electron chi connectivity index (χ4n) is 3.17. The summed E-state index contributed by atoms with van der Waals surface area (Å²) in [6.45, 7) is 0. The summed E-state index contributed by atoms with van der Waals surface area (Å²) in [6, 6.07) is 9.29. The highest BCUT2D eigenvalue weighted by Gasteiger charge is 2.23. The van der Waals surface area contributed by atoms with Crippen molar-refractivity contribution < 1.29 is 9.21 Å². The van der Waals surface area contributed by atoms with Crippen LogP contribution >= 0.6 is 24.0 Å². The van der Waals surface area contributed by atoms with Gasteiger partial charge in [0.05, 0.1) is 10.6 Å². The molecule has 3 aromatic heterocycles. The Morgan fingerprint density at radius 1 is 1.20 bits per heavy atom. The minimum atomic E-state index is -0.231. The molecule has 0 atom stereocenters. The van der Waals surface area contributed by atoms with Crippen LogP contribution in [-0.4, -0.2) is 29.6 Å². The maximum absolute atomic E-state index is 12.1. The van der Waals surface area contributed by atoms with Gasteiger partial charge < -0.3 is 9.73 Å². The number of rotatable bonds is 3. The summed E-state index contributed by atoms with van der Waals surface area (Å²) in [6.07, 6.45) is 6.58. The van der Waals surface area contributed by atoms with Crippen molar-refractivity contribution >= 4 is 51.3 Å². The Morgan fingerprint density at radius 2 is 2.00 bits per heavy atom. The van der Waals surface area contributed by atoms with Crippen LogP contribution in [0.15, 0.2) is 63.2 Å². The Morgan fingerprint density at radius 3 is 2.67 bits per heavy atom. The normalized spacial score (nSPS) is 15.3. The van der Waals surface area contributed by atoms with Crippen molar-refractivity contribution in [1.82, 2.24) is 24.6 Å². The van der Waals surface area contributed by atoms with Gasteiger partial charge in [0.15, 0.2) is 0 Å². The molecule has 1 saturated heterocycles. The predicted molar refractivity (Wildman–Crippen MR) is 118 cm³/mol. The average molecular weight is 435 g/mol. The SMILES string of the molecule is Cn1ncn(-c2ccc(-c3cncc4cc(C=C5SC(=S)NC5=O)oc34)cc2)c1=O. The van der Waals surface area contributed by atoms with Crippen LogP contribution in [0.5, 0.6) is 0 Å². The van der Waals surface area contributed by atoms with Crippen molar-refractivity contribution in [2.24, 2.45) is 7.05 Å². The number of nitrogens with zero attached hydrogens (tertiary/aromatic N) is 4. The number of amides is 1. The molecule has 4 heterocycles. The number of carbonyl (C=O) groups excluding carboxylic acids is 1. The summed E-state index contributed by atoms with van der Waals surface area (Å²) in [5, 5.41) is 7.37. The molecule has 148 valence electrons. The second kappa shape index (κ2) is 7.08. The number of carbonyl (C=O) groups is 1. The molecule has 1 aliphatic heterocycles. The summed E-state index contributed by atoms with van der Waals surface area (Å²) in [5.74, 6) is 0.310. The number of nitrogens with one attached hydrogen (secondary N) is 1. The van der Waals surface area contributed by atoms with Crippen molar-refractivity contribution in [2.45, 2.75) is 0 Å². The molecule has 5 rings (SSSR count). The number of aryl methyl sites for hydroxylation is 1. The number of thiocarbonyl (C=S) groups is 1. The van der Waals surface area contributed by atoms with E-state index >= 15 is 0 Å². The molecule has 1 amide bonds. The van der Waals surface area contributed by atoms with E-state index in [1.165, 1.54) is 27.3 Å². The predicted octanol–water partition coefficient (Wildman–Crippen LogP) is 2.87. The topological polar surface area (TPSA) is 95.0 Å². The third-order valence-electron chi connectivity index (χ3n) is 4.64. The second-order valence-corrected chi connectivity index (χ2v) is 8.28. The van der Waals surface area contributed by atoms with Gasteiger partial charge in [0.2, 0.25) is 0 Å². The van der Waals surface area contributed by atoms with Crippen LogP contribution < -0.4 is 11.0 Å². The summed E-state index contributed by atoms with van der Waals surface area (Å²) >= 11 is 6.22. The lowest BCUT2D eigenvalue weighted by Gasteiger charge is -2.05. The highest BCUT2D eigenvalue weighted by Crippen LogP contribution is 2.33. The van der Waals surface area contributed by atoms with Crippen molar-refractivity contribution in [2.75, 3.05) is 0 Å². The third-order valence-corrected chi connectivity index (χ3v) is 5.80. The average Bonchev–Trinajstić information content (AvgIpc) is 3.39. The number of fused-ring (bicyclic) bond motifs is 1. The number of aromatic nitrogens is 4. The quantitative estimate of drug-likeness (QED) is 0.391. The zero-order chi connectivity index (χ0) is 20.8. The highest BCUT2D eigenvalue weighted by molar-refractivity contribution is 8.26. The van der Waals surface area contributed by atoms with E-state index < -0.39 is 0 Å². The molecule has 1 fully saturated rings. The van der Waals surface area contributed by atoms with E-state index in [9.17, 15) is 9.59 Å². The Balaban J connectivity index is 1.53. The first kappa shape index (κ1) is 18.5. The van der Waals surface area contributed by atoms with Gasteiger partial charge in [-0.15, -0.1) is 0 Å². The molecule has 8 nitrogen and oxygen atoms in total. The molecule has 0 bridgehead atoms. The lowest BCUT2D eigenvalue weighted by Crippen LogP contribution is -2.21. The Labute approximate surface area is 179 Å². The van der Waals surface area contributed by atoms with Crippen LogP contribution in [-0.2, 0) is 11.8 Å². The molecular weight excluding hydrogens is 422 g/mol. The maximum Gasteiger partial charge on any atom is 0.350 e. The first-order valence-electron chi connectivity index (χ1n) is 8.83. The molecule has 10 heteroatoms. The molecule has 0 unspecified atom stereocenters. The van der Waals surface area contributed by atoms with E-state index in [-0.39, 0.29) is 11.6 Å². The standard InChI is InChI=1S/C20H13N5O3S2/c1-24-20(27)25(10-22-24)13-4-2-11(3-5-13)15-9-21-8-12-6-14(28-17(12)15)7-16-18(26)23-19(29)30-16/h2-10H,1H3,(H,23,26,29). The molecule has 1 aliphatic rings. The lowest BCUT2D eigenvalue weighted by atomic mass is 10.1. The summed E-state index contributed by atoms with van der Waals surface area (Å²) in [4.78, 5) is 28.8. The number of thioether (sulfide) groups is 1. The second-order valence-electron chi connectivity index (χ2n) is 6.56. The van der Waals surface area contributed by atoms with Gasteiger partial charge in [0, 0.05) is 36.5 Å². The first-order valence-corrected chi connectivity index (χ1v) is 10.1. The summed E-state index contributed by atoms with van der Waals surface area (Å²) < 4.78 is 9.18. The Hall–Kier alpha value is -3.50. The maximum atomic E-state index is 12.1. The van der Waals surface area contributed by atoms with Gasteiger partial charge in [0.1, 0.15) is 22.0 Å². The van der Waals surface area contributed by atoms with Gasteiger partial charge in [-0.1, -0.05) is 36.1 Å². The van der Waals surface area contributed by atoms with E-state index in [4.69, 9.17) is 16.6 Å². The van der Waals surface area contributed by atoms with Gasteiger partial charge in [-0.3, -0.25) is 9.78 Å². The van der Waals surface area contributed by atoms with E-state index in [0.717, 1.165) is 16.5 Å². The number of furan rings is 1. The molecule has 0 aliphatic carbocycles. The van der Waals surface area contributed by atoms with E-state index in [1.807, 2.05) is 30.3 Å². The summed E-state index contributed by atoms with van der Waals surface area (Å²) in [5.41, 5.74) is 2.84. The zero-order valence-corrected chi connectivity index (χ0v) is 17.2. The van der Waals surface area contributed by atoms with Gasteiger partial charge in [-0.05, 0) is 23.8 Å². The molecule has 4 aromatic rings. The molecule has 1 aromatic carbocycles. The lowest BCUT2D eigenvalue weighted by molar-refractivity contribution is -0.115. The molecule has 1 N–H and O–H groups in total. The van der Waals surface area contributed by atoms with E-state index in [1.54, 1.807) is 25.5 Å². The molecule has 0 radical (unpaired) electrons. The monoisotopic (exact) mass is 435 g/mol. The van der Waals surface area contributed by atoms with Crippen molar-refractivity contribution in [1.29, 1.82) is 0 Å². The van der Waals surface area contributed by atoms with E-state index in [0.29, 0.717) is 26.3 Å². The van der Waals surface area contributed by atoms with E-state index in [2.05, 4.69) is 15.4 Å². The van der Waals surface area contributed by atoms with Crippen molar-refractivity contribution in [3.8, 4) is 16.8 Å². The van der Waals surface area contributed by atoms with Crippen LogP contribution in [0, 0.1) is 0 Å². The van der Waals surface area contributed by atoms with Crippen molar-refractivity contribution in [3.05, 3.63) is 70.2 Å². The third kappa shape index (κ3) is 3.15. The van der Waals surface area contributed by atoms with Crippen LogP contribution in [0.1, 0.15) is 5.76 Å². The van der Waals surface area contributed by atoms with Gasteiger partial charge >= 0.3 is 5.69 Å². The minimum Gasteiger partial charge on any atom is -0.456 e. The number of pyridine rings is 1. The van der Waals surface area contributed by atoms with Gasteiger partial charge in [-0.25, -0.2) is 14.0 Å². The fourth-order valence-corrected chi connectivity index (χ4v) is 4.20. The van der Waals surface area contributed by atoms with Crippen LogP contribution in [0.2, 0.25) is 0 Å². The molecule has 0 saturated carbocycles. The molecule has 0 spiro atoms. The number of hydrogen-bond acceptors (Lipinski definition) is 7. The van der Waals surface area contributed by atoms with Gasteiger partial charge in [-0.2, -0.15) is 5.10 Å². The molecule has 30 heavy (non-hydrogen) atoms. The van der Waals surface area contributed by atoms with Crippen LogP contribution in [0.4, 0.5) is 0 Å². The smallest absolute Gasteiger partial charge is 0.350 e. The fraction of sp³-hybridized carbons (Fsp3) is 0.0500. The number of benzene rings is 1.